The van der Waals surface area contributed by atoms with Gasteiger partial charge < -0.3 is 44.1 Å². The van der Waals surface area contributed by atoms with Crippen molar-refractivity contribution < 1.29 is 58.5 Å². The van der Waals surface area contributed by atoms with E-state index < -0.39 is 41.8 Å². The van der Waals surface area contributed by atoms with E-state index in [1.165, 1.54) is 48.5 Å². The van der Waals surface area contributed by atoms with Crippen molar-refractivity contribution in [2.75, 3.05) is 0 Å². The maximum atomic E-state index is 14.1. The summed E-state index contributed by atoms with van der Waals surface area (Å²) in [5.41, 5.74) is 6.13. The SMILES string of the molecule is NC(OC(=O)Cc1cc(O)cc2c1C1(OC(=O)c3ccccc31)c1ccc(O)cc1O2)c1cc(O)cc2c1C1(OC(=O)c3ccccc31)c1ccc(O)cc1O2. The Morgan fingerprint density at radius 1 is 0.589 bits per heavy atom. The van der Waals surface area contributed by atoms with Crippen LogP contribution in [0.1, 0.15) is 71.5 Å². The van der Waals surface area contributed by atoms with E-state index in [1.807, 2.05) is 0 Å². The van der Waals surface area contributed by atoms with Crippen LogP contribution in [0, 0.1) is 0 Å². The molecule has 0 saturated heterocycles. The first-order chi connectivity index (χ1) is 27.0. The summed E-state index contributed by atoms with van der Waals surface area (Å²) in [5, 5.41) is 42.5. The summed E-state index contributed by atoms with van der Waals surface area (Å²) in [6.45, 7) is 0. The molecule has 0 saturated carbocycles. The second-order valence-electron chi connectivity index (χ2n) is 13.8. The van der Waals surface area contributed by atoms with Crippen molar-refractivity contribution in [3.05, 3.63) is 165 Å². The Bertz CT molecular complexity index is 2760. The van der Waals surface area contributed by atoms with Crippen LogP contribution in [-0.2, 0) is 36.6 Å². The maximum absolute atomic E-state index is 14.1. The number of carbonyl (C=O) groups is 3. The Balaban J connectivity index is 1.07. The van der Waals surface area contributed by atoms with Crippen LogP contribution in [0.5, 0.6) is 46.0 Å². The lowest BCUT2D eigenvalue weighted by Crippen LogP contribution is -2.36. The lowest BCUT2D eigenvalue weighted by molar-refractivity contribution is -0.148. The van der Waals surface area contributed by atoms with Crippen molar-refractivity contribution in [1.29, 1.82) is 0 Å². The molecule has 0 bridgehead atoms. The monoisotopic (exact) mass is 749 g/mol. The Labute approximate surface area is 316 Å². The van der Waals surface area contributed by atoms with Gasteiger partial charge in [0, 0.05) is 52.1 Å². The molecule has 0 aromatic heterocycles. The Morgan fingerprint density at radius 2 is 1.07 bits per heavy atom. The van der Waals surface area contributed by atoms with E-state index in [2.05, 4.69) is 0 Å². The summed E-state index contributed by atoms with van der Waals surface area (Å²) in [5.74, 6) is -2.59. The maximum Gasteiger partial charge on any atom is 0.340 e. The minimum Gasteiger partial charge on any atom is -0.508 e. The van der Waals surface area contributed by atoms with Crippen molar-refractivity contribution in [1.82, 2.24) is 0 Å². The summed E-state index contributed by atoms with van der Waals surface area (Å²) in [4.78, 5) is 40.9. The number of fused-ring (bicyclic) bond motifs is 12. The van der Waals surface area contributed by atoms with Gasteiger partial charge >= 0.3 is 17.9 Å². The lowest BCUT2D eigenvalue weighted by Gasteiger charge is -2.38. The van der Waals surface area contributed by atoms with E-state index in [-0.39, 0.29) is 79.4 Å². The van der Waals surface area contributed by atoms with Gasteiger partial charge in [-0.05, 0) is 54.1 Å². The van der Waals surface area contributed by atoms with Gasteiger partial charge in [-0.15, -0.1) is 0 Å². The van der Waals surface area contributed by atoms with Crippen LogP contribution in [-0.4, -0.2) is 38.3 Å². The highest BCUT2D eigenvalue weighted by Gasteiger charge is 2.57. The third-order valence-corrected chi connectivity index (χ3v) is 10.6. The van der Waals surface area contributed by atoms with E-state index >= 15 is 0 Å². The molecule has 6 aromatic carbocycles. The summed E-state index contributed by atoms with van der Waals surface area (Å²) >= 11 is 0. The van der Waals surface area contributed by atoms with Gasteiger partial charge in [-0.25, -0.2) is 9.59 Å². The highest BCUT2D eigenvalue weighted by Crippen LogP contribution is 2.60. The van der Waals surface area contributed by atoms with E-state index in [1.54, 1.807) is 60.7 Å². The average Bonchev–Trinajstić information content (AvgIpc) is 3.61. The Hall–Kier alpha value is -7.51. The normalized spacial score (nSPS) is 19.6. The number of aromatic hydroxyl groups is 4. The van der Waals surface area contributed by atoms with Crippen LogP contribution >= 0.6 is 0 Å². The molecule has 3 atom stereocenters. The molecule has 4 aliphatic heterocycles. The third kappa shape index (κ3) is 4.48. The molecular formula is C43H27NO12. The molecule has 0 radical (unpaired) electrons. The number of hydrogen-bond donors (Lipinski definition) is 5. The molecular weight excluding hydrogens is 722 g/mol. The van der Waals surface area contributed by atoms with Gasteiger partial charge in [0.15, 0.2) is 17.4 Å². The van der Waals surface area contributed by atoms with E-state index in [4.69, 9.17) is 29.4 Å². The number of ether oxygens (including phenoxy) is 5. The molecule has 4 aliphatic rings. The van der Waals surface area contributed by atoms with Crippen molar-refractivity contribution >= 4 is 17.9 Å². The molecule has 13 heteroatoms. The minimum absolute atomic E-state index is 0.0293. The van der Waals surface area contributed by atoms with E-state index in [9.17, 15) is 34.8 Å². The lowest BCUT2D eigenvalue weighted by atomic mass is 9.75. The average molecular weight is 750 g/mol. The summed E-state index contributed by atoms with van der Waals surface area (Å²) in [6.07, 6.45) is -2.12. The van der Waals surface area contributed by atoms with Crippen molar-refractivity contribution in [3.63, 3.8) is 0 Å². The predicted molar refractivity (Wildman–Crippen MR) is 193 cm³/mol. The first kappa shape index (κ1) is 33.1. The number of rotatable bonds is 4. The molecule has 56 heavy (non-hydrogen) atoms. The van der Waals surface area contributed by atoms with Gasteiger partial charge in [0.2, 0.25) is 0 Å². The van der Waals surface area contributed by atoms with Gasteiger partial charge in [0.1, 0.15) is 46.0 Å². The van der Waals surface area contributed by atoms with E-state index in [0.29, 0.717) is 22.3 Å². The molecule has 276 valence electrons. The standard InChI is InChI=1S/C43H27NO12/c44-39(27-15-24(48)19-35-38(27)43(31-12-10-22(46)17-33(31)53-35)29-8-4-2-6-26(29)41(51)56-43)54-36(49)14-20-13-23(47)18-34-37(20)42(30-11-9-21(45)16-32(30)52-34)28-7-3-1-5-25(28)40(50)55-42/h1-13,15-19,39,45-48H,14,44H2. The fourth-order valence-corrected chi connectivity index (χ4v) is 8.47. The van der Waals surface area contributed by atoms with Crippen molar-refractivity contribution in [2.45, 2.75) is 23.9 Å². The highest BCUT2D eigenvalue weighted by molar-refractivity contribution is 5.98. The van der Waals surface area contributed by atoms with Crippen LogP contribution in [0.25, 0.3) is 0 Å². The molecule has 13 nitrogen and oxygen atoms in total. The molecule has 6 aromatic rings. The van der Waals surface area contributed by atoms with Gasteiger partial charge in [-0.1, -0.05) is 36.4 Å². The zero-order valence-electron chi connectivity index (χ0n) is 28.8. The second kappa shape index (κ2) is 11.5. The van der Waals surface area contributed by atoms with Crippen LogP contribution in [0.2, 0.25) is 0 Å². The van der Waals surface area contributed by atoms with Crippen molar-refractivity contribution in [2.24, 2.45) is 5.73 Å². The number of hydrogen-bond acceptors (Lipinski definition) is 13. The number of phenolic OH excluding ortho intramolecular Hbond substituents is 4. The number of phenols is 4. The molecule has 0 amide bonds. The highest BCUT2D eigenvalue weighted by atomic mass is 16.6. The molecule has 6 N–H and O–H groups in total. The summed E-state index contributed by atoms with van der Waals surface area (Å²) in [7, 11) is 0. The Morgan fingerprint density at radius 3 is 1.64 bits per heavy atom. The van der Waals surface area contributed by atoms with Crippen molar-refractivity contribution in [3.8, 4) is 46.0 Å². The Kier molecular flexibility index (Phi) is 6.79. The predicted octanol–water partition coefficient (Wildman–Crippen LogP) is 6.39. The smallest absolute Gasteiger partial charge is 0.340 e. The van der Waals surface area contributed by atoms with Gasteiger partial charge in [-0.2, -0.15) is 0 Å². The van der Waals surface area contributed by atoms with Crippen LogP contribution in [0.4, 0.5) is 0 Å². The third-order valence-electron chi connectivity index (χ3n) is 10.6. The molecule has 2 spiro atoms. The first-order valence-corrected chi connectivity index (χ1v) is 17.3. The fourth-order valence-electron chi connectivity index (χ4n) is 8.47. The number of esters is 3. The second-order valence-corrected chi connectivity index (χ2v) is 13.8. The van der Waals surface area contributed by atoms with Gasteiger partial charge in [0.25, 0.3) is 0 Å². The van der Waals surface area contributed by atoms with Crippen LogP contribution in [0.15, 0.2) is 109 Å². The molecule has 10 rings (SSSR count). The van der Waals surface area contributed by atoms with E-state index in [0.717, 1.165) is 0 Å². The first-order valence-electron chi connectivity index (χ1n) is 17.3. The summed E-state index contributed by atoms with van der Waals surface area (Å²) < 4.78 is 30.6. The zero-order valence-corrected chi connectivity index (χ0v) is 28.8. The van der Waals surface area contributed by atoms with Crippen LogP contribution < -0.4 is 15.2 Å². The number of carbonyl (C=O) groups excluding carboxylic acids is 3. The summed E-state index contributed by atoms with van der Waals surface area (Å²) in [6, 6.07) is 27.4. The molecule has 0 fully saturated rings. The molecule has 3 unspecified atom stereocenters. The topological polar surface area (TPSA) is 204 Å². The largest absolute Gasteiger partial charge is 0.508 e. The number of nitrogens with two attached hydrogens (primary N) is 1. The molecule has 4 heterocycles. The molecule has 0 aliphatic carbocycles. The zero-order chi connectivity index (χ0) is 38.7. The minimum atomic E-state index is -1.69. The van der Waals surface area contributed by atoms with Gasteiger partial charge in [-0.3, -0.25) is 10.5 Å². The quantitative estimate of drug-likeness (QED) is 0.0754. The number of benzene rings is 6. The van der Waals surface area contributed by atoms with Crippen LogP contribution in [0.3, 0.4) is 0 Å². The fraction of sp³-hybridized carbons (Fsp3) is 0.0930. The van der Waals surface area contributed by atoms with Gasteiger partial charge in [0.05, 0.1) is 28.7 Å².